The summed E-state index contributed by atoms with van der Waals surface area (Å²) in [6.07, 6.45) is 1.50. The second kappa shape index (κ2) is 7.32. The smallest absolute Gasteiger partial charge is 0.242 e. The molecule has 0 aromatic carbocycles. The number of carbonyl (C=O) groups excluding carboxylic acids is 2. The first-order chi connectivity index (χ1) is 6.61. The van der Waals surface area contributed by atoms with E-state index in [-0.39, 0.29) is 11.8 Å². The zero-order valence-electron chi connectivity index (χ0n) is 8.80. The molecule has 5 heteroatoms. The number of nitrogens with one attached hydrogen (secondary N) is 2. The minimum absolute atomic E-state index is 0.160. The van der Waals surface area contributed by atoms with E-state index in [9.17, 15) is 9.59 Å². The summed E-state index contributed by atoms with van der Waals surface area (Å²) in [5, 5.41) is 5.24. The van der Waals surface area contributed by atoms with E-state index < -0.39 is 6.04 Å². The molecule has 1 unspecified atom stereocenters. The second-order valence-electron chi connectivity index (χ2n) is 3.12. The van der Waals surface area contributed by atoms with Crippen LogP contribution in [-0.4, -0.2) is 30.9 Å². The summed E-state index contributed by atoms with van der Waals surface area (Å²) in [5.74, 6) is -0.348. The molecule has 4 N–H and O–H groups in total. The van der Waals surface area contributed by atoms with E-state index in [4.69, 9.17) is 5.73 Å². The van der Waals surface area contributed by atoms with Crippen LogP contribution in [0.5, 0.6) is 0 Å². The van der Waals surface area contributed by atoms with Gasteiger partial charge in [0.1, 0.15) is 6.04 Å². The molecule has 5 nitrogen and oxygen atoms in total. The average Bonchev–Trinajstić information content (AvgIpc) is 2.13. The number of hydrogen-bond acceptors (Lipinski definition) is 3. The van der Waals surface area contributed by atoms with E-state index >= 15 is 0 Å². The predicted octanol–water partition coefficient (Wildman–Crippen LogP) is -0.634. The van der Waals surface area contributed by atoms with Crippen LogP contribution >= 0.6 is 0 Å². The second-order valence-corrected chi connectivity index (χ2v) is 3.12. The summed E-state index contributed by atoms with van der Waals surface area (Å²) in [7, 11) is 0. The van der Waals surface area contributed by atoms with E-state index in [1.54, 1.807) is 0 Å². The minimum Gasteiger partial charge on any atom is -0.353 e. The molecule has 14 heavy (non-hydrogen) atoms. The van der Waals surface area contributed by atoms with Crippen LogP contribution in [0.3, 0.4) is 0 Å². The number of nitrogens with two attached hydrogens (primary N) is 1. The molecule has 0 heterocycles. The minimum atomic E-state index is -0.427. The van der Waals surface area contributed by atoms with Gasteiger partial charge in [0.2, 0.25) is 11.8 Å². The molecule has 0 fully saturated rings. The Hall–Kier alpha value is -1.10. The van der Waals surface area contributed by atoms with Gasteiger partial charge in [-0.2, -0.15) is 0 Å². The van der Waals surface area contributed by atoms with Crippen molar-refractivity contribution in [1.29, 1.82) is 0 Å². The molecule has 0 aliphatic heterocycles. The Labute approximate surface area is 84.4 Å². The van der Waals surface area contributed by atoms with E-state index in [0.29, 0.717) is 19.5 Å². The standard InChI is InChI=1S/C9H19N3O2/c1-3-4-8(12-7(2)13)9(14)11-6-5-10/h8H,3-6,10H2,1-2H3,(H,11,14)(H,12,13). The van der Waals surface area contributed by atoms with Gasteiger partial charge in [-0.3, -0.25) is 9.59 Å². The monoisotopic (exact) mass is 201 g/mol. The van der Waals surface area contributed by atoms with Gasteiger partial charge < -0.3 is 16.4 Å². The van der Waals surface area contributed by atoms with Gasteiger partial charge in [0.25, 0.3) is 0 Å². The maximum absolute atomic E-state index is 11.4. The van der Waals surface area contributed by atoms with Gasteiger partial charge in [0.15, 0.2) is 0 Å². The summed E-state index contributed by atoms with van der Waals surface area (Å²) in [6, 6.07) is -0.427. The summed E-state index contributed by atoms with van der Waals surface area (Å²) in [5.41, 5.74) is 5.25. The van der Waals surface area contributed by atoms with Crippen LogP contribution in [0.2, 0.25) is 0 Å². The third-order valence-electron chi connectivity index (χ3n) is 1.71. The number of hydrogen-bond donors (Lipinski definition) is 3. The van der Waals surface area contributed by atoms with E-state index in [0.717, 1.165) is 6.42 Å². The van der Waals surface area contributed by atoms with Gasteiger partial charge in [-0.25, -0.2) is 0 Å². The topological polar surface area (TPSA) is 84.2 Å². The van der Waals surface area contributed by atoms with E-state index in [2.05, 4.69) is 10.6 Å². The Kier molecular flexibility index (Phi) is 6.74. The normalized spacial score (nSPS) is 11.9. The van der Waals surface area contributed by atoms with Crippen molar-refractivity contribution in [3.05, 3.63) is 0 Å². The number of carbonyl (C=O) groups is 2. The van der Waals surface area contributed by atoms with Crippen LogP contribution in [0.15, 0.2) is 0 Å². The van der Waals surface area contributed by atoms with Gasteiger partial charge in [0.05, 0.1) is 0 Å². The van der Waals surface area contributed by atoms with Crippen LogP contribution in [0, 0.1) is 0 Å². The molecule has 0 aromatic rings. The SMILES string of the molecule is CCCC(NC(C)=O)C(=O)NCCN. The Bertz CT molecular complexity index is 194. The van der Waals surface area contributed by atoms with Crippen molar-refractivity contribution in [2.45, 2.75) is 32.7 Å². The Morgan fingerprint density at radius 1 is 1.43 bits per heavy atom. The van der Waals surface area contributed by atoms with Crippen molar-refractivity contribution in [2.24, 2.45) is 5.73 Å². The first-order valence-electron chi connectivity index (χ1n) is 4.86. The average molecular weight is 201 g/mol. The van der Waals surface area contributed by atoms with Crippen molar-refractivity contribution < 1.29 is 9.59 Å². The van der Waals surface area contributed by atoms with Crippen molar-refractivity contribution in [3.63, 3.8) is 0 Å². The molecule has 2 amide bonds. The molecule has 0 saturated heterocycles. The van der Waals surface area contributed by atoms with Gasteiger partial charge in [-0.05, 0) is 6.42 Å². The molecule has 1 atom stereocenters. The van der Waals surface area contributed by atoms with E-state index in [1.807, 2.05) is 6.92 Å². The zero-order valence-corrected chi connectivity index (χ0v) is 8.80. The molecule has 0 aliphatic carbocycles. The molecule has 0 saturated carbocycles. The fourth-order valence-electron chi connectivity index (χ4n) is 1.12. The lowest BCUT2D eigenvalue weighted by Crippen LogP contribution is -2.47. The first kappa shape index (κ1) is 12.9. The Morgan fingerprint density at radius 3 is 2.50 bits per heavy atom. The van der Waals surface area contributed by atoms with Crippen molar-refractivity contribution in [2.75, 3.05) is 13.1 Å². The molecule has 82 valence electrons. The zero-order chi connectivity index (χ0) is 11.0. The molecule has 0 rings (SSSR count). The summed E-state index contributed by atoms with van der Waals surface area (Å²) < 4.78 is 0. The van der Waals surface area contributed by atoms with Gasteiger partial charge >= 0.3 is 0 Å². The van der Waals surface area contributed by atoms with Crippen LogP contribution in [0.25, 0.3) is 0 Å². The number of rotatable bonds is 6. The molecule has 0 spiro atoms. The lowest BCUT2D eigenvalue weighted by molar-refractivity contribution is -0.128. The highest BCUT2D eigenvalue weighted by Gasteiger charge is 2.17. The molecular formula is C9H19N3O2. The first-order valence-corrected chi connectivity index (χ1v) is 4.86. The molecule has 0 radical (unpaired) electrons. The predicted molar refractivity (Wildman–Crippen MR) is 54.6 cm³/mol. The third-order valence-corrected chi connectivity index (χ3v) is 1.71. The van der Waals surface area contributed by atoms with Gasteiger partial charge in [-0.15, -0.1) is 0 Å². The molecule has 0 bridgehead atoms. The van der Waals surface area contributed by atoms with Crippen molar-refractivity contribution in [3.8, 4) is 0 Å². The molecule has 0 aliphatic rings. The highest BCUT2D eigenvalue weighted by molar-refractivity contribution is 5.86. The fraction of sp³-hybridized carbons (Fsp3) is 0.778. The quantitative estimate of drug-likeness (QED) is 0.535. The van der Waals surface area contributed by atoms with Crippen molar-refractivity contribution >= 4 is 11.8 Å². The summed E-state index contributed by atoms with van der Waals surface area (Å²) in [6.45, 7) is 4.22. The van der Waals surface area contributed by atoms with Crippen LogP contribution < -0.4 is 16.4 Å². The highest BCUT2D eigenvalue weighted by atomic mass is 16.2. The maximum atomic E-state index is 11.4. The Morgan fingerprint density at radius 2 is 2.07 bits per heavy atom. The molecule has 0 aromatic heterocycles. The fourth-order valence-corrected chi connectivity index (χ4v) is 1.12. The highest BCUT2D eigenvalue weighted by Crippen LogP contribution is 1.96. The Balaban J connectivity index is 4.03. The maximum Gasteiger partial charge on any atom is 0.242 e. The lowest BCUT2D eigenvalue weighted by Gasteiger charge is -2.16. The van der Waals surface area contributed by atoms with Gasteiger partial charge in [0, 0.05) is 20.0 Å². The van der Waals surface area contributed by atoms with Gasteiger partial charge in [-0.1, -0.05) is 13.3 Å². The van der Waals surface area contributed by atoms with Crippen LogP contribution in [-0.2, 0) is 9.59 Å². The van der Waals surface area contributed by atoms with Crippen LogP contribution in [0.4, 0.5) is 0 Å². The summed E-state index contributed by atoms with van der Waals surface area (Å²) >= 11 is 0. The van der Waals surface area contributed by atoms with Crippen LogP contribution in [0.1, 0.15) is 26.7 Å². The third kappa shape index (κ3) is 5.53. The number of amides is 2. The molecular weight excluding hydrogens is 182 g/mol. The van der Waals surface area contributed by atoms with E-state index in [1.165, 1.54) is 6.92 Å². The largest absolute Gasteiger partial charge is 0.353 e. The summed E-state index contributed by atoms with van der Waals surface area (Å²) in [4.78, 5) is 22.2. The van der Waals surface area contributed by atoms with Crippen molar-refractivity contribution in [1.82, 2.24) is 10.6 Å². The lowest BCUT2D eigenvalue weighted by atomic mass is 10.1.